The molecule has 1 saturated heterocycles. The van der Waals surface area contributed by atoms with Crippen molar-refractivity contribution in [2.45, 2.75) is 45.1 Å². The third-order valence-electron chi connectivity index (χ3n) is 4.71. The van der Waals surface area contributed by atoms with E-state index in [0.29, 0.717) is 24.8 Å². The highest BCUT2D eigenvalue weighted by Crippen LogP contribution is 2.39. The van der Waals surface area contributed by atoms with Gasteiger partial charge in [0, 0.05) is 37.5 Å². The number of hydrogen-bond donors (Lipinski definition) is 0. The van der Waals surface area contributed by atoms with Crippen molar-refractivity contribution in [3.63, 3.8) is 0 Å². The van der Waals surface area contributed by atoms with Gasteiger partial charge < -0.3 is 9.32 Å². The minimum absolute atomic E-state index is 0.168. The summed E-state index contributed by atoms with van der Waals surface area (Å²) < 4.78 is 5.76. The van der Waals surface area contributed by atoms with Crippen LogP contribution in [0.25, 0.3) is 0 Å². The highest BCUT2D eigenvalue weighted by atomic mass is 32.1. The molecule has 0 spiro atoms. The lowest BCUT2D eigenvalue weighted by atomic mass is 10.3. The van der Waals surface area contributed by atoms with Crippen LogP contribution in [-0.2, 0) is 17.8 Å². The molecule has 2 fully saturated rings. The zero-order valence-electron chi connectivity index (χ0n) is 14.5. The Morgan fingerprint density at radius 1 is 1.28 bits per heavy atom. The summed E-state index contributed by atoms with van der Waals surface area (Å²) in [6.07, 6.45) is 3.70. The van der Waals surface area contributed by atoms with Crippen LogP contribution in [0, 0.1) is 6.92 Å². The van der Waals surface area contributed by atoms with Crippen LogP contribution in [0.15, 0.2) is 9.80 Å². The first-order valence-corrected chi connectivity index (χ1v) is 9.79. The molecule has 2 aromatic heterocycles. The molecule has 1 saturated carbocycles. The monoisotopic (exact) mass is 361 g/mol. The second-order valence-electron chi connectivity index (χ2n) is 6.85. The molecule has 3 heterocycles. The molecule has 2 aromatic rings. The molecule has 1 aliphatic carbocycles. The predicted octanol–water partition coefficient (Wildman–Crippen LogP) is 1.99. The Morgan fingerprint density at radius 2 is 2.16 bits per heavy atom. The number of hydrogen-bond acceptors (Lipinski definition) is 7. The van der Waals surface area contributed by atoms with Gasteiger partial charge in [-0.25, -0.2) is 4.98 Å². The number of amides is 1. The topological polar surface area (TPSA) is 75.4 Å². The van der Waals surface area contributed by atoms with Crippen LogP contribution in [0.2, 0.25) is 0 Å². The maximum absolute atomic E-state index is 12.5. The largest absolute Gasteiger partial charge is 0.424 e. The highest BCUT2D eigenvalue weighted by Gasteiger charge is 2.29. The lowest BCUT2D eigenvalue weighted by Crippen LogP contribution is -2.36. The van der Waals surface area contributed by atoms with Crippen molar-refractivity contribution in [3.05, 3.63) is 27.9 Å². The van der Waals surface area contributed by atoms with Crippen LogP contribution in [0.1, 0.15) is 47.7 Å². The molecule has 0 aromatic carbocycles. The molecule has 4 rings (SSSR count). The van der Waals surface area contributed by atoms with Gasteiger partial charge in [0.25, 0.3) is 0 Å². The summed E-state index contributed by atoms with van der Waals surface area (Å²) in [6, 6.07) is 0. The number of nitrogens with zero attached hydrogens (tertiary/aromatic N) is 5. The van der Waals surface area contributed by atoms with E-state index < -0.39 is 0 Å². The molecule has 134 valence electrons. The molecule has 1 amide bonds. The van der Waals surface area contributed by atoms with E-state index in [1.165, 1.54) is 12.8 Å². The van der Waals surface area contributed by atoms with Crippen LogP contribution < -0.4 is 0 Å². The van der Waals surface area contributed by atoms with E-state index in [9.17, 15) is 4.79 Å². The van der Waals surface area contributed by atoms with Gasteiger partial charge >= 0.3 is 0 Å². The second kappa shape index (κ2) is 7.21. The van der Waals surface area contributed by atoms with E-state index in [-0.39, 0.29) is 5.91 Å². The first-order valence-electron chi connectivity index (χ1n) is 8.91. The number of carbonyl (C=O) groups excluding carboxylic acids is 1. The second-order valence-corrected chi connectivity index (χ2v) is 7.92. The molecular weight excluding hydrogens is 338 g/mol. The summed E-state index contributed by atoms with van der Waals surface area (Å²) in [7, 11) is 0. The Balaban J connectivity index is 1.29. The van der Waals surface area contributed by atoms with Crippen molar-refractivity contribution in [1.29, 1.82) is 0 Å². The van der Waals surface area contributed by atoms with Gasteiger partial charge in [0.2, 0.25) is 17.7 Å². The molecule has 7 nitrogen and oxygen atoms in total. The van der Waals surface area contributed by atoms with E-state index in [1.807, 2.05) is 17.2 Å². The average molecular weight is 361 g/mol. The van der Waals surface area contributed by atoms with Crippen molar-refractivity contribution < 1.29 is 9.21 Å². The summed E-state index contributed by atoms with van der Waals surface area (Å²) in [4.78, 5) is 21.2. The summed E-state index contributed by atoms with van der Waals surface area (Å²) in [5, 5.41) is 11.3. The van der Waals surface area contributed by atoms with Gasteiger partial charge in [0.15, 0.2) is 0 Å². The van der Waals surface area contributed by atoms with Crippen molar-refractivity contribution in [3.8, 4) is 0 Å². The minimum atomic E-state index is 0.168. The normalized spacial score (nSPS) is 19.2. The van der Waals surface area contributed by atoms with Crippen LogP contribution in [0.4, 0.5) is 0 Å². The molecule has 1 aliphatic heterocycles. The fourth-order valence-electron chi connectivity index (χ4n) is 3.15. The molecule has 0 radical (unpaired) electrons. The van der Waals surface area contributed by atoms with Crippen molar-refractivity contribution >= 4 is 17.2 Å². The van der Waals surface area contributed by atoms with Gasteiger partial charge in [-0.15, -0.1) is 21.5 Å². The number of rotatable bonds is 5. The molecule has 0 N–H and O–H groups in total. The first kappa shape index (κ1) is 16.7. The first-order chi connectivity index (χ1) is 12.2. The Hall–Kier alpha value is -1.80. The van der Waals surface area contributed by atoms with Gasteiger partial charge in [-0.05, 0) is 26.2 Å². The molecule has 2 aliphatic rings. The van der Waals surface area contributed by atoms with Crippen LogP contribution in [0.3, 0.4) is 0 Å². The lowest BCUT2D eigenvalue weighted by Gasteiger charge is -2.21. The van der Waals surface area contributed by atoms with Crippen molar-refractivity contribution in [2.24, 2.45) is 0 Å². The summed E-state index contributed by atoms with van der Waals surface area (Å²) >= 11 is 1.59. The van der Waals surface area contributed by atoms with Crippen molar-refractivity contribution in [2.75, 3.05) is 26.2 Å². The van der Waals surface area contributed by atoms with Gasteiger partial charge in [0.05, 0.1) is 23.7 Å². The molecule has 8 heteroatoms. The molecule has 0 unspecified atom stereocenters. The lowest BCUT2D eigenvalue weighted by molar-refractivity contribution is -0.130. The van der Waals surface area contributed by atoms with Crippen LogP contribution >= 0.6 is 11.3 Å². The zero-order valence-corrected chi connectivity index (χ0v) is 15.3. The number of aromatic nitrogens is 3. The predicted molar refractivity (Wildman–Crippen MR) is 93.3 cm³/mol. The minimum Gasteiger partial charge on any atom is -0.424 e. The molecule has 25 heavy (non-hydrogen) atoms. The van der Waals surface area contributed by atoms with Gasteiger partial charge in [-0.2, -0.15) is 0 Å². The van der Waals surface area contributed by atoms with Crippen LogP contribution in [0.5, 0.6) is 0 Å². The van der Waals surface area contributed by atoms with Gasteiger partial charge in [-0.3, -0.25) is 9.69 Å². The smallest absolute Gasteiger partial charge is 0.230 e. The molecule has 0 atom stereocenters. The maximum Gasteiger partial charge on any atom is 0.230 e. The SMILES string of the molecule is Cc1nc(CC(=O)N2CCCN(Cc3nnc(C4CC4)o3)CC2)cs1. The van der Waals surface area contributed by atoms with E-state index in [2.05, 4.69) is 20.1 Å². The van der Waals surface area contributed by atoms with Gasteiger partial charge in [0.1, 0.15) is 0 Å². The van der Waals surface area contributed by atoms with E-state index in [1.54, 1.807) is 11.3 Å². The third-order valence-corrected chi connectivity index (χ3v) is 5.53. The maximum atomic E-state index is 12.5. The van der Waals surface area contributed by atoms with Crippen molar-refractivity contribution in [1.82, 2.24) is 25.0 Å². The van der Waals surface area contributed by atoms with E-state index in [0.717, 1.165) is 49.2 Å². The standard InChI is InChI=1S/C17H23N5O2S/c1-12-18-14(11-25-12)9-16(23)22-6-2-5-21(7-8-22)10-15-19-20-17(24-15)13-3-4-13/h11,13H,2-10H2,1H3. The summed E-state index contributed by atoms with van der Waals surface area (Å²) in [6.45, 7) is 5.96. The van der Waals surface area contributed by atoms with E-state index in [4.69, 9.17) is 4.42 Å². The summed E-state index contributed by atoms with van der Waals surface area (Å²) in [5.41, 5.74) is 0.882. The highest BCUT2D eigenvalue weighted by molar-refractivity contribution is 7.09. The fraction of sp³-hybridized carbons (Fsp3) is 0.647. The van der Waals surface area contributed by atoms with Gasteiger partial charge in [-0.1, -0.05) is 0 Å². The van der Waals surface area contributed by atoms with Crippen LogP contribution in [-0.4, -0.2) is 57.1 Å². The molecule has 0 bridgehead atoms. The Bertz CT molecular complexity index is 739. The van der Waals surface area contributed by atoms with E-state index >= 15 is 0 Å². The fourth-order valence-corrected chi connectivity index (χ4v) is 3.76. The number of carbonyl (C=O) groups is 1. The Morgan fingerprint density at radius 3 is 2.92 bits per heavy atom. The number of aryl methyl sites for hydroxylation is 1. The number of thiazole rings is 1. The zero-order chi connectivity index (χ0) is 17.2. The Kier molecular flexibility index (Phi) is 4.80. The Labute approximate surface area is 151 Å². The summed E-state index contributed by atoms with van der Waals surface area (Å²) in [5.74, 6) is 2.15. The average Bonchev–Trinajstić information content (AvgIpc) is 3.28. The molecular formula is C17H23N5O2S. The quantitative estimate of drug-likeness (QED) is 0.811. The third kappa shape index (κ3) is 4.24.